The van der Waals surface area contributed by atoms with E-state index in [0.29, 0.717) is 11.3 Å². The zero-order valence-electron chi connectivity index (χ0n) is 9.92. The number of nitrogen functional groups attached to an aromatic ring is 1. The molecule has 0 fully saturated rings. The van der Waals surface area contributed by atoms with E-state index < -0.39 is 18.2 Å². The molecule has 1 aromatic rings. The van der Waals surface area contributed by atoms with Gasteiger partial charge in [0, 0.05) is 19.0 Å². The van der Waals surface area contributed by atoms with Crippen molar-refractivity contribution in [1.82, 2.24) is 0 Å². The van der Waals surface area contributed by atoms with Gasteiger partial charge in [-0.15, -0.1) is 0 Å². The van der Waals surface area contributed by atoms with Gasteiger partial charge >= 0.3 is 11.9 Å². The van der Waals surface area contributed by atoms with Crippen LogP contribution in [0, 0.1) is 0 Å². The molecule has 0 aliphatic carbocycles. The topological polar surface area (TPSA) is 110 Å². The van der Waals surface area contributed by atoms with Crippen molar-refractivity contribution in [3.8, 4) is 0 Å². The van der Waals surface area contributed by atoms with Crippen LogP contribution in [0.3, 0.4) is 0 Å². The Morgan fingerprint density at radius 3 is 2.67 bits per heavy atom. The van der Waals surface area contributed by atoms with E-state index in [1.807, 2.05) is 0 Å². The summed E-state index contributed by atoms with van der Waals surface area (Å²) < 4.78 is 4.54. The molecule has 1 atom stereocenters. The third-order valence-corrected chi connectivity index (χ3v) is 2.32. The number of rotatable bonds is 5. The molecule has 0 saturated heterocycles. The van der Waals surface area contributed by atoms with E-state index in [0.717, 1.165) is 0 Å². The predicted molar refractivity (Wildman–Crippen MR) is 63.9 cm³/mol. The lowest BCUT2D eigenvalue weighted by Crippen LogP contribution is -2.17. The molecule has 18 heavy (non-hydrogen) atoms. The summed E-state index contributed by atoms with van der Waals surface area (Å²) in [6, 6.07) is 4.44. The minimum Gasteiger partial charge on any atom is -0.478 e. The molecule has 0 bridgehead atoms. The van der Waals surface area contributed by atoms with E-state index in [2.05, 4.69) is 4.74 Å². The average Bonchev–Trinajstić information content (AvgIpc) is 2.25. The number of esters is 1. The number of aliphatic hydroxyl groups excluding tert-OH is 1. The Balaban J connectivity index is 2.74. The van der Waals surface area contributed by atoms with Crippen LogP contribution in [0.2, 0.25) is 0 Å². The van der Waals surface area contributed by atoms with E-state index in [1.54, 1.807) is 0 Å². The molecule has 4 N–H and O–H groups in total. The number of ether oxygens (including phenoxy) is 1. The number of carbonyl (C=O) groups excluding carboxylic acids is 1. The predicted octanol–water partition coefficient (Wildman–Crippen LogP) is 0.781. The highest BCUT2D eigenvalue weighted by molar-refractivity contribution is 5.89. The molecular weight excluding hydrogens is 238 g/mol. The molecular formula is C12H15NO5. The van der Waals surface area contributed by atoms with Crippen LogP contribution in [0.15, 0.2) is 18.2 Å². The number of aliphatic hydroxyl groups is 1. The van der Waals surface area contributed by atoms with E-state index in [-0.39, 0.29) is 18.4 Å². The fraction of sp³-hybridized carbons (Fsp3) is 0.333. The second-order valence-electron chi connectivity index (χ2n) is 3.82. The first-order chi connectivity index (χ1) is 8.40. The van der Waals surface area contributed by atoms with Crippen molar-refractivity contribution in [3.63, 3.8) is 0 Å². The van der Waals surface area contributed by atoms with Crippen LogP contribution in [0.5, 0.6) is 0 Å². The maximum atomic E-state index is 11.0. The van der Waals surface area contributed by atoms with Gasteiger partial charge in [-0.05, 0) is 30.2 Å². The zero-order chi connectivity index (χ0) is 13.7. The summed E-state index contributed by atoms with van der Waals surface area (Å²) >= 11 is 0. The Labute approximate surface area is 104 Å². The highest BCUT2D eigenvalue weighted by Gasteiger charge is 2.13. The Morgan fingerprint density at radius 2 is 2.11 bits per heavy atom. The number of carboxylic acid groups (broad SMARTS) is 1. The first-order valence-electron chi connectivity index (χ1n) is 5.37. The fourth-order valence-corrected chi connectivity index (χ4v) is 1.56. The zero-order valence-corrected chi connectivity index (χ0v) is 9.92. The van der Waals surface area contributed by atoms with Crippen LogP contribution in [-0.4, -0.2) is 28.4 Å². The number of aryl methyl sites for hydroxylation is 1. The third kappa shape index (κ3) is 4.06. The molecule has 98 valence electrons. The first kappa shape index (κ1) is 14.0. The van der Waals surface area contributed by atoms with Crippen LogP contribution in [-0.2, 0) is 16.0 Å². The van der Waals surface area contributed by atoms with Gasteiger partial charge in [0.1, 0.15) is 0 Å². The number of carboxylic acids is 1. The number of anilines is 1. The number of nitrogens with two attached hydrogens (primary N) is 1. The van der Waals surface area contributed by atoms with Crippen molar-refractivity contribution in [2.24, 2.45) is 0 Å². The minimum atomic E-state index is -1.24. The van der Waals surface area contributed by atoms with Crippen molar-refractivity contribution in [2.45, 2.75) is 26.1 Å². The second-order valence-corrected chi connectivity index (χ2v) is 3.82. The molecule has 0 saturated carbocycles. The summed E-state index contributed by atoms with van der Waals surface area (Å²) in [5.74, 6) is -1.65. The van der Waals surface area contributed by atoms with Gasteiger partial charge < -0.3 is 20.7 Å². The first-order valence-corrected chi connectivity index (χ1v) is 5.37. The second kappa shape index (κ2) is 6.02. The molecule has 0 spiro atoms. The molecule has 1 rings (SSSR count). The molecule has 1 unspecified atom stereocenters. The minimum absolute atomic E-state index is 0.114. The monoisotopic (exact) mass is 253 g/mol. The van der Waals surface area contributed by atoms with Crippen molar-refractivity contribution in [2.75, 3.05) is 5.73 Å². The van der Waals surface area contributed by atoms with Crippen molar-refractivity contribution < 1.29 is 24.5 Å². The van der Waals surface area contributed by atoms with Gasteiger partial charge in [0.15, 0.2) is 0 Å². The molecule has 6 heteroatoms. The smallest absolute Gasteiger partial charge is 0.335 e. The van der Waals surface area contributed by atoms with E-state index in [4.69, 9.17) is 10.8 Å². The summed E-state index contributed by atoms with van der Waals surface area (Å²) in [6.07, 6.45) is -0.879. The molecule has 0 aliphatic rings. The van der Waals surface area contributed by atoms with E-state index in [9.17, 15) is 14.7 Å². The standard InChI is InChI=1S/C12H15NO5/c1-7(14)18-11(15)5-2-8-6-9(13)3-4-10(8)12(16)17/h3-4,6,11,15H,2,5,13H2,1H3,(H,16,17). The lowest BCUT2D eigenvalue weighted by Gasteiger charge is -2.12. The normalized spacial score (nSPS) is 11.9. The van der Waals surface area contributed by atoms with Gasteiger partial charge in [0.25, 0.3) is 0 Å². The Kier molecular flexibility index (Phi) is 4.67. The number of benzene rings is 1. The fourth-order valence-electron chi connectivity index (χ4n) is 1.56. The Morgan fingerprint density at radius 1 is 1.44 bits per heavy atom. The largest absolute Gasteiger partial charge is 0.478 e. The maximum Gasteiger partial charge on any atom is 0.335 e. The lowest BCUT2D eigenvalue weighted by atomic mass is 10.0. The molecule has 0 aliphatic heterocycles. The highest BCUT2D eigenvalue weighted by Crippen LogP contribution is 2.16. The molecule has 0 aromatic heterocycles. The SMILES string of the molecule is CC(=O)OC(O)CCc1cc(N)ccc1C(=O)O. The van der Waals surface area contributed by atoms with E-state index in [1.165, 1.54) is 25.1 Å². The van der Waals surface area contributed by atoms with Crippen LogP contribution >= 0.6 is 0 Å². The number of carbonyl (C=O) groups is 2. The van der Waals surface area contributed by atoms with Gasteiger partial charge in [-0.3, -0.25) is 4.79 Å². The summed E-state index contributed by atoms with van der Waals surface area (Å²) in [7, 11) is 0. The van der Waals surface area contributed by atoms with Crippen LogP contribution in [0.1, 0.15) is 29.3 Å². The van der Waals surface area contributed by atoms with Crippen LogP contribution in [0.25, 0.3) is 0 Å². The highest BCUT2D eigenvalue weighted by atomic mass is 16.6. The maximum absolute atomic E-state index is 11.0. The molecule has 1 aromatic carbocycles. The molecule has 0 radical (unpaired) electrons. The van der Waals surface area contributed by atoms with Crippen molar-refractivity contribution in [1.29, 1.82) is 0 Å². The van der Waals surface area contributed by atoms with Crippen LogP contribution in [0.4, 0.5) is 5.69 Å². The molecule has 6 nitrogen and oxygen atoms in total. The van der Waals surface area contributed by atoms with Gasteiger partial charge in [0.05, 0.1) is 5.56 Å². The molecule has 0 heterocycles. The van der Waals surface area contributed by atoms with Gasteiger partial charge in [-0.25, -0.2) is 4.79 Å². The summed E-state index contributed by atoms with van der Waals surface area (Å²) in [4.78, 5) is 21.6. The van der Waals surface area contributed by atoms with Crippen molar-refractivity contribution >= 4 is 17.6 Å². The van der Waals surface area contributed by atoms with Gasteiger partial charge in [0.2, 0.25) is 6.29 Å². The number of aromatic carboxylic acids is 1. The summed E-state index contributed by atoms with van der Waals surface area (Å²) in [5.41, 5.74) is 6.63. The Bertz CT molecular complexity index is 458. The average molecular weight is 253 g/mol. The Hall–Kier alpha value is -2.08. The summed E-state index contributed by atoms with van der Waals surface area (Å²) in [5, 5.41) is 18.3. The summed E-state index contributed by atoms with van der Waals surface area (Å²) in [6.45, 7) is 1.19. The number of hydrogen-bond acceptors (Lipinski definition) is 5. The quantitative estimate of drug-likeness (QED) is 0.406. The van der Waals surface area contributed by atoms with E-state index >= 15 is 0 Å². The van der Waals surface area contributed by atoms with Gasteiger partial charge in [-0.2, -0.15) is 0 Å². The van der Waals surface area contributed by atoms with Crippen LogP contribution < -0.4 is 5.73 Å². The van der Waals surface area contributed by atoms with Crippen molar-refractivity contribution in [3.05, 3.63) is 29.3 Å². The lowest BCUT2D eigenvalue weighted by molar-refractivity contribution is -0.165. The van der Waals surface area contributed by atoms with Gasteiger partial charge in [-0.1, -0.05) is 0 Å². The molecule has 0 amide bonds. The third-order valence-electron chi connectivity index (χ3n) is 2.32. The number of hydrogen-bond donors (Lipinski definition) is 3.